The molecule has 0 radical (unpaired) electrons. The Hall–Kier alpha value is -4.92. The molecule has 1 aliphatic heterocycles. The van der Waals surface area contributed by atoms with Crippen LogP contribution in [0.4, 0.5) is 19.3 Å². The minimum absolute atomic E-state index is 0.169. The Morgan fingerprint density at radius 2 is 1.85 bits per heavy atom. The summed E-state index contributed by atoms with van der Waals surface area (Å²) in [6.07, 6.45) is 1.95. The number of carbonyl (C=O) groups excluding carboxylic acids is 1. The van der Waals surface area contributed by atoms with Crippen molar-refractivity contribution in [1.29, 1.82) is 0 Å². The van der Waals surface area contributed by atoms with E-state index in [1.165, 1.54) is 0 Å². The van der Waals surface area contributed by atoms with Gasteiger partial charge in [0.15, 0.2) is 0 Å². The molecule has 9 heteroatoms. The molecule has 6 rings (SSSR count). The quantitative estimate of drug-likeness (QED) is 0.268. The number of para-hydroxylation sites is 1. The first-order chi connectivity index (χ1) is 19.4. The second kappa shape index (κ2) is 10.3. The Balaban J connectivity index is 1.54. The van der Waals surface area contributed by atoms with Crippen LogP contribution in [0.25, 0.3) is 11.5 Å². The van der Waals surface area contributed by atoms with Gasteiger partial charge in [0.2, 0.25) is 0 Å². The number of rotatable bonds is 5. The van der Waals surface area contributed by atoms with Gasteiger partial charge >= 0.3 is 6.03 Å². The van der Waals surface area contributed by atoms with Gasteiger partial charge in [0.1, 0.15) is 23.2 Å². The zero-order valence-electron chi connectivity index (χ0n) is 22.0. The molecular weight excluding hydrogens is 512 g/mol. The van der Waals surface area contributed by atoms with Crippen LogP contribution in [0.15, 0.2) is 91.1 Å². The maximum absolute atomic E-state index is 14.6. The van der Waals surface area contributed by atoms with E-state index in [2.05, 4.69) is 5.32 Å². The van der Waals surface area contributed by atoms with E-state index in [4.69, 9.17) is 9.84 Å². The summed E-state index contributed by atoms with van der Waals surface area (Å²) in [5.41, 5.74) is 3.84. The zero-order valence-corrected chi connectivity index (χ0v) is 22.0. The highest BCUT2D eigenvalue weighted by Crippen LogP contribution is 2.39. The molecule has 3 heterocycles. The molecule has 0 fully saturated rings. The van der Waals surface area contributed by atoms with E-state index in [0.717, 1.165) is 52.2 Å². The number of hydrogen-bond donors (Lipinski definition) is 1. The topological polar surface area (TPSA) is 64.3 Å². The summed E-state index contributed by atoms with van der Waals surface area (Å²) in [6, 6.07) is 23.1. The Bertz CT molecular complexity index is 1700. The predicted octanol–water partition coefficient (Wildman–Crippen LogP) is 6.79. The van der Waals surface area contributed by atoms with Crippen molar-refractivity contribution in [3.05, 3.63) is 125 Å². The number of aromatic nitrogens is 3. The van der Waals surface area contributed by atoms with E-state index in [-0.39, 0.29) is 12.2 Å². The van der Waals surface area contributed by atoms with Crippen molar-refractivity contribution in [2.75, 3.05) is 11.9 Å². The molecule has 0 bridgehead atoms. The summed E-state index contributed by atoms with van der Waals surface area (Å²) >= 11 is 0. The van der Waals surface area contributed by atoms with Crippen molar-refractivity contribution in [1.82, 2.24) is 19.2 Å². The number of amides is 2. The molecule has 0 saturated heterocycles. The highest BCUT2D eigenvalue weighted by Gasteiger charge is 2.36. The van der Waals surface area contributed by atoms with Gasteiger partial charge in [-0.1, -0.05) is 30.3 Å². The first kappa shape index (κ1) is 25.4. The number of halogens is 2. The summed E-state index contributed by atoms with van der Waals surface area (Å²) in [4.78, 5) is 15.6. The molecular formula is C31H27F2N5O2. The summed E-state index contributed by atoms with van der Waals surface area (Å²) in [5, 5.41) is 7.43. The number of urea groups is 1. The van der Waals surface area contributed by atoms with Gasteiger partial charge in [-0.2, -0.15) is 5.10 Å². The van der Waals surface area contributed by atoms with Gasteiger partial charge in [0.05, 0.1) is 42.0 Å². The minimum atomic E-state index is -0.725. The van der Waals surface area contributed by atoms with Crippen LogP contribution in [-0.2, 0) is 6.54 Å². The number of aryl methyl sites for hydroxylation is 1. The second-order valence-corrected chi connectivity index (χ2v) is 9.53. The molecule has 3 aromatic carbocycles. The van der Waals surface area contributed by atoms with Crippen molar-refractivity contribution in [2.24, 2.45) is 0 Å². The fourth-order valence-electron chi connectivity index (χ4n) is 5.22. The molecule has 40 heavy (non-hydrogen) atoms. The Kier molecular flexibility index (Phi) is 6.55. The fraction of sp³-hybridized carbons (Fsp3) is 0.161. The third kappa shape index (κ3) is 4.49. The maximum atomic E-state index is 14.6. The molecule has 0 aliphatic carbocycles. The number of fused-ring (bicyclic) bond motifs is 3. The average molecular weight is 540 g/mol. The normalized spacial score (nSPS) is 14.3. The predicted molar refractivity (Wildman–Crippen MR) is 148 cm³/mol. The number of anilines is 1. The van der Waals surface area contributed by atoms with Crippen molar-refractivity contribution >= 4 is 11.7 Å². The summed E-state index contributed by atoms with van der Waals surface area (Å²) in [6.45, 7) is 4.47. The molecule has 1 aliphatic rings. The van der Waals surface area contributed by atoms with Crippen LogP contribution in [0, 0.1) is 18.6 Å². The molecule has 7 nitrogen and oxygen atoms in total. The lowest BCUT2D eigenvalue weighted by Gasteiger charge is -2.31. The molecule has 1 atom stereocenters. The molecule has 5 aromatic rings. The molecule has 202 valence electrons. The van der Waals surface area contributed by atoms with Crippen LogP contribution in [-0.4, -0.2) is 31.9 Å². The lowest BCUT2D eigenvalue weighted by Crippen LogP contribution is -2.38. The van der Waals surface area contributed by atoms with E-state index in [1.54, 1.807) is 4.90 Å². The van der Waals surface area contributed by atoms with Gasteiger partial charge in [-0.25, -0.2) is 18.3 Å². The monoisotopic (exact) mass is 539 g/mol. The number of ether oxygens (including phenoxy) is 1. The van der Waals surface area contributed by atoms with Gasteiger partial charge in [-0.3, -0.25) is 0 Å². The van der Waals surface area contributed by atoms with Crippen molar-refractivity contribution in [2.45, 2.75) is 26.4 Å². The molecule has 0 spiro atoms. The highest BCUT2D eigenvalue weighted by atomic mass is 19.1. The van der Waals surface area contributed by atoms with Crippen molar-refractivity contribution in [3.8, 4) is 17.3 Å². The zero-order chi connectivity index (χ0) is 27.8. The Labute approximate surface area is 230 Å². The lowest BCUT2D eigenvalue weighted by atomic mass is 10.0. The van der Waals surface area contributed by atoms with Crippen LogP contribution < -0.4 is 10.1 Å². The van der Waals surface area contributed by atoms with Crippen LogP contribution in [0.1, 0.15) is 35.5 Å². The van der Waals surface area contributed by atoms with Crippen LogP contribution in [0.3, 0.4) is 0 Å². The first-order valence-corrected chi connectivity index (χ1v) is 13.0. The number of nitrogens with zero attached hydrogens (tertiary/aromatic N) is 4. The van der Waals surface area contributed by atoms with Crippen LogP contribution in [0.2, 0.25) is 0 Å². The third-order valence-corrected chi connectivity index (χ3v) is 7.00. The Morgan fingerprint density at radius 1 is 1.02 bits per heavy atom. The van der Waals surface area contributed by atoms with Crippen molar-refractivity contribution < 1.29 is 18.3 Å². The minimum Gasteiger partial charge on any atom is -0.494 e. The van der Waals surface area contributed by atoms with E-state index in [9.17, 15) is 13.6 Å². The van der Waals surface area contributed by atoms with Crippen LogP contribution in [0.5, 0.6) is 5.75 Å². The summed E-state index contributed by atoms with van der Waals surface area (Å²) in [7, 11) is 0. The summed E-state index contributed by atoms with van der Waals surface area (Å²) < 4.78 is 38.2. The maximum Gasteiger partial charge on any atom is 0.323 e. The molecule has 2 aromatic heterocycles. The number of nitrogens with one attached hydrogen (secondary N) is 1. The number of carbonyl (C=O) groups is 1. The van der Waals surface area contributed by atoms with E-state index in [1.807, 2.05) is 96.0 Å². The SMILES string of the molecule is CCOc1cccc([C@H]2c3cccn3-c3c(c(C)nn3-c3ccccc3)CN2C(=O)Nc2cc(F)ccc2F)c1. The van der Waals surface area contributed by atoms with E-state index < -0.39 is 23.7 Å². The highest BCUT2D eigenvalue weighted by molar-refractivity contribution is 5.90. The fourth-order valence-corrected chi connectivity index (χ4v) is 5.22. The Morgan fingerprint density at radius 3 is 2.65 bits per heavy atom. The van der Waals surface area contributed by atoms with E-state index in [0.29, 0.717) is 12.4 Å². The smallest absolute Gasteiger partial charge is 0.323 e. The first-order valence-electron chi connectivity index (χ1n) is 13.0. The molecule has 0 unspecified atom stereocenters. The standard InChI is InChI=1S/C31H27F2N5O2/c1-3-40-24-12-7-9-21(17-24)29-28-13-8-16-36(28)30-25(20(2)35-38(30)23-10-5-4-6-11-23)19-37(29)31(39)34-27-18-22(32)14-15-26(27)33/h4-18,29H,3,19H2,1-2H3,(H,34,39)/t29-/m0/s1. The lowest BCUT2D eigenvalue weighted by molar-refractivity contribution is 0.194. The molecule has 2 amide bonds. The van der Waals surface area contributed by atoms with E-state index >= 15 is 0 Å². The van der Waals surface area contributed by atoms with Crippen LogP contribution >= 0.6 is 0 Å². The number of hydrogen-bond acceptors (Lipinski definition) is 3. The van der Waals surface area contributed by atoms with Gasteiger partial charge in [0, 0.05) is 17.8 Å². The van der Waals surface area contributed by atoms with Crippen molar-refractivity contribution in [3.63, 3.8) is 0 Å². The number of benzene rings is 3. The largest absolute Gasteiger partial charge is 0.494 e. The van der Waals surface area contributed by atoms with Gasteiger partial charge in [-0.15, -0.1) is 0 Å². The summed E-state index contributed by atoms with van der Waals surface area (Å²) in [5.74, 6) is 0.103. The van der Waals surface area contributed by atoms with Gasteiger partial charge in [0.25, 0.3) is 0 Å². The molecule has 0 saturated carbocycles. The van der Waals surface area contributed by atoms with Gasteiger partial charge < -0.3 is 19.5 Å². The average Bonchev–Trinajstić information content (AvgIpc) is 3.52. The molecule has 1 N–H and O–H groups in total. The van der Waals surface area contributed by atoms with Gasteiger partial charge in [-0.05, 0) is 67.9 Å². The third-order valence-electron chi connectivity index (χ3n) is 7.00. The second-order valence-electron chi connectivity index (χ2n) is 9.53.